The Balaban J connectivity index is 1.70. The van der Waals surface area contributed by atoms with Crippen LogP contribution in [0.1, 0.15) is 39.7 Å². The number of amides is 1. The van der Waals surface area contributed by atoms with Gasteiger partial charge in [-0.1, -0.05) is 18.5 Å². The summed E-state index contributed by atoms with van der Waals surface area (Å²) in [5, 5.41) is 12.6. The molecule has 3 rings (SSSR count). The van der Waals surface area contributed by atoms with Crippen molar-refractivity contribution in [2.45, 2.75) is 31.1 Å². The quantitative estimate of drug-likeness (QED) is 0.613. The minimum absolute atomic E-state index is 0.0000622. The number of sulfonamides is 1. The number of halogens is 1. The van der Waals surface area contributed by atoms with Gasteiger partial charge in [-0.3, -0.25) is 4.79 Å². The van der Waals surface area contributed by atoms with Gasteiger partial charge in [-0.25, -0.2) is 17.5 Å². The van der Waals surface area contributed by atoms with Crippen LogP contribution in [0, 0.1) is 17.2 Å². The van der Waals surface area contributed by atoms with E-state index in [2.05, 4.69) is 18.3 Å². The van der Waals surface area contributed by atoms with Gasteiger partial charge in [-0.15, -0.1) is 11.3 Å². The summed E-state index contributed by atoms with van der Waals surface area (Å²) in [6.07, 6.45) is 2.66. The third-order valence-electron chi connectivity index (χ3n) is 5.15. The molecule has 0 fully saturated rings. The van der Waals surface area contributed by atoms with Gasteiger partial charge in [0.2, 0.25) is 10.0 Å². The molecule has 1 unspecified atom stereocenters. The molecule has 1 aliphatic carbocycles. The van der Waals surface area contributed by atoms with E-state index in [4.69, 9.17) is 16.3 Å². The van der Waals surface area contributed by atoms with Crippen molar-refractivity contribution >= 4 is 49.8 Å². The van der Waals surface area contributed by atoms with Gasteiger partial charge in [0.05, 0.1) is 21.0 Å². The predicted octanol–water partition coefficient (Wildman–Crippen LogP) is 3.44. The molecule has 1 aromatic carbocycles. The second-order valence-corrected chi connectivity index (χ2v) is 11.4. The third kappa shape index (κ3) is 4.96. The SMILES string of the molecule is CC1CCc2c(sc(NC(=O)COC(=O)c3cc(S(=O)(=O)N(C)C)ccc3Cl)c2C#N)C1. The Hall–Kier alpha value is -2.45. The lowest BCUT2D eigenvalue weighted by atomic mass is 9.89. The van der Waals surface area contributed by atoms with Gasteiger partial charge >= 0.3 is 5.97 Å². The van der Waals surface area contributed by atoms with Gasteiger partial charge in [0.15, 0.2) is 6.61 Å². The number of carbonyl (C=O) groups is 2. The summed E-state index contributed by atoms with van der Waals surface area (Å²) in [4.78, 5) is 25.8. The van der Waals surface area contributed by atoms with Gasteiger partial charge in [0.1, 0.15) is 11.1 Å². The van der Waals surface area contributed by atoms with Crippen molar-refractivity contribution in [3.8, 4) is 6.07 Å². The lowest BCUT2D eigenvalue weighted by molar-refractivity contribution is -0.119. The number of esters is 1. The molecule has 2 aromatic rings. The van der Waals surface area contributed by atoms with Crippen molar-refractivity contribution in [2.24, 2.45) is 5.92 Å². The van der Waals surface area contributed by atoms with Crippen LogP contribution in [0.4, 0.5) is 5.00 Å². The highest BCUT2D eigenvalue weighted by molar-refractivity contribution is 7.89. The van der Waals surface area contributed by atoms with Crippen molar-refractivity contribution in [3.63, 3.8) is 0 Å². The molecule has 170 valence electrons. The summed E-state index contributed by atoms with van der Waals surface area (Å²) in [6, 6.07) is 5.84. The summed E-state index contributed by atoms with van der Waals surface area (Å²) in [5.41, 5.74) is 1.27. The average molecular weight is 496 g/mol. The molecule has 11 heteroatoms. The van der Waals surface area contributed by atoms with Crippen LogP contribution in [0.5, 0.6) is 0 Å². The van der Waals surface area contributed by atoms with Crippen molar-refractivity contribution < 1.29 is 22.7 Å². The number of ether oxygens (including phenoxy) is 1. The Bertz CT molecular complexity index is 1210. The second kappa shape index (κ2) is 9.58. The summed E-state index contributed by atoms with van der Waals surface area (Å²) in [6.45, 7) is 1.54. The first-order chi connectivity index (χ1) is 15.0. The molecule has 0 aliphatic heterocycles. The van der Waals surface area contributed by atoms with Crippen molar-refractivity contribution in [1.29, 1.82) is 5.26 Å². The number of nitrogens with one attached hydrogen (secondary N) is 1. The van der Waals surface area contributed by atoms with Gasteiger partial charge in [0, 0.05) is 19.0 Å². The molecule has 0 bridgehead atoms. The maximum Gasteiger partial charge on any atom is 0.340 e. The maximum atomic E-state index is 12.4. The number of fused-ring (bicyclic) bond motifs is 1. The van der Waals surface area contributed by atoms with E-state index in [-0.39, 0.29) is 15.5 Å². The molecule has 32 heavy (non-hydrogen) atoms. The van der Waals surface area contributed by atoms with Crippen molar-refractivity contribution in [3.05, 3.63) is 44.8 Å². The van der Waals surface area contributed by atoms with E-state index in [9.17, 15) is 23.3 Å². The van der Waals surface area contributed by atoms with Crippen molar-refractivity contribution in [2.75, 3.05) is 26.0 Å². The fourth-order valence-corrected chi connectivity index (χ4v) is 5.86. The molecule has 1 aromatic heterocycles. The number of rotatable bonds is 6. The van der Waals surface area contributed by atoms with Crippen molar-refractivity contribution in [1.82, 2.24) is 4.31 Å². The van der Waals surface area contributed by atoms with E-state index in [0.717, 1.165) is 40.1 Å². The monoisotopic (exact) mass is 495 g/mol. The fourth-order valence-electron chi connectivity index (χ4n) is 3.36. The molecular formula is C21H22ClN3O5S2. The van der Waals surface area contributed by atoms with Crippen LogP contribution in [0.25, 0.3) is 0 Å². The number of thiophene rings is 1. The number of carbonyl (C=O) groups excluding carboxylic acids is 2. The Morgan fingerprint density at radius 2 is 2.09 bits per heavy atom. The molecule has 1 heterocycles. The van der Waals surface area contributed by atoms with Crippen LogP contribution >= 0.6 is 22.9 Å². The molecule has 0 radical (unpaired) electrons. The van der Waals surface area contributed by atoms with Gasteiger partial charge in [0.25, 0.3) is 5.91 Å². The van der Waals surface area contributed by atoms with E-state index in [1.165, 1.54) is 37.6 Å². The first-order valence-electron chi connectivity index (χ1n) is 9.78. The van der Waals surface area contributed by atoms with E-state index in [1.807, 2.05) is 0 Å². The zero-order chi connectivity index (χ0) is 23.6. The predicted molar refractivity (Wildman–Crippen MR) is 121 cm³/mol. The summed E-state index contributed by atoms with van der Waals surface area (Å²) in [7, 11) is -1.04. The molecule has 1 aliphatic rings. The standard InChI is InChI=1S/C21H22ClN3O5S2/c1-12-4-6-14-16(10-23)20(31-18(14)8-12)24-19(26)11-30-21(27)15-9-13(5-7-17(15)22)32(28,29)25(2)3/h5,7,9,12H,4,6,8,11H2,1-3H3,(H,24,26). The summed E-state index contributed by atoms with van der Waals surface area (Å²) in [5.74, 6) is -1.01. The molecule has 8 nitrogen and oxygen atoms in total. The first kappa shape index (κ1) is 24.2. The van der Waals surface area contributed by atoms with Crippen LogP contribution in [0.15, 0.2) is 23.1 Å². The van der Waals surface area contributed by atoms with E-state index < -0.39 is 28.5 Å². The van der Waals surface area contributed by atoms with Crippen LogP contribution in [0.3, 0.4) is 0 Å². The maximum absolute atomic E-state index is 12.4. The number of benzene rings is 1. The fraction of sp³-hybridized carbons (Fsp3) is 0.381. The van der Waals surface area contributed by atoms with Crippen LogP contribution < -0.4 is 5.32 Å². The van der Waals surface area contributed by atoms with Gasteiger partial charge in [-0.05, 0) is 48.9 Å². The van der Waals surface area contributed by atoms with E-state index in [0.29, 0.717) is 16.5 Å². The number of nitriles is 1. The minimum atomic E-state index is -3.78. The van der Waals surface area contributed by atoms with Gasteiger partial charge in [-0.2, -0.15) is 5.26 Å². The Kier molecular flexibility index (Phi) is 7.25. The molecule has 0 saturated heterocycles. The minimum Gasteiger partial charge on any atom is -0.452 e. The molecule has 1 atom stereocenters. The summed E-state index contributed by atoms with van der Waals surface area (Å²) >= 11 is 7.40. The average Bonchev–Trinajstić information content (AvgIpc) is 3.07. The van der Waals surface area contributed by atoms with E-state index >= 15 is 0 Å². The van der Waals surface area contributed by atoms with Crippen LogP contribution in [-0.4, -0.2) is 45.3 Å². The second-order valence-electron chi connectivity index (χ2n) is 7.72. The largest absolute Gasteiger partial charge is 0.452 e. The zero-order valence-electron chi connectivity index (χ0n) is 17.8. The highest BCUT2D eigenvalue weighted by atomic mass is 35.5. The Labute approximate surface area is 195 Å². The zero-order valence-corrected chi connectivity index (χ0v) is 20.2. The molecule has 1 amide bonds. The Morgan fingerprint density at radius 3 is 2.75 bits per heavy atom. The number of hydrogen-bond acceptors (Lipinski definition) is 7. The van der Waals surface area contributed by atoms with Gasteiger partial charge < -0.3 is 10.1 Å². The molecule has 0 saturated carbocycles. The molecular weight excluding hydrogens is 474 g/mol. The number of hydrogen-bond donors (Lipinski definition) is 1. The lowest BCUT2D eigenvalue weighted by Gasteiger charge is -2.17. The molecule has 0 spiro atoms. The highest BCUT2D eigenvalue weighted by Crippen LogP contribution is 2.39. The topological polar surface area (TPSA) is 117 Å². The number of anilines is 1. The molecule has 1 N–H and O–H groups in total. The van der Waals surface area contributed by atoms with Crippen LogP contribution in [-0.2, 0) is 32.4 Å². The van der Waals surface area contributed by atoms with Crippen LogP contribution in [0.2, 0.25) is 5.02 Å². The smallest absolute Gasteiger partial charge is 0.340 e. The normalized spacial score (nSPS) is 15.7. The third-order valence-corrected chi connectivity index (χ3v) is 8.46. The first-order valence-corrected chi connectivity index (χ1v) is 12.4. The lowest BCUT2D eigenvalue weighted by Crippen LogP contribution is -2.23. The summed E-state index contributed by atoms with van der Waals surface area (Å²) < 4.78 is 30.6. The van der Waals surface area contributed by atoms with E-state index in [1.54, 1.807) is 0 Å². The Morgan fingerprint density at radius 1 is 1.38 bits per heavy atom. The highest BCUT2D eigenvalue weighted by Gasteiger charge is 2.25. The number of nitrogens with zero attached hydrogens (tertiary/aromatic N) is 2.